The van der Waals surface area contributed by atoms with Crippen LogP contribution in [0, 0.1) is 0 Å². The van der Waals surface area contributed by atoms with E-state index in [1.807, 2.05) is 24.3 Å². The fourth-order valence-corrected chi connectivity index (χ4v) is 4.83. The minimum atomic E-state index is 0.881. The lowest BCUT2D eigenvalue weighted by Crippen LogP contribution is -1.94. The number of methoxy groups -OCH3 is 2. The summed E-state index contributed by atoms with van der Waals surface area (Å²) < 4.78 is 10.5. The Labute approximate surface area is 167 Å². The predicted molar refractivity (Wildman–Crippen MR) is 118 cm³/mol. The normalized spacial score (nSPS) is 14.4. The van der Waals surface area contributed by atoms with E-state index in [0.29, 0.717) is 0 Å². The summed E-state index contributed by atoms with van der Waals surface area (Å²) in [6.45, 7) is 0. The van der Waals surface area contributed by atoms with Gasteiger partial charge in [0.2, 0.25) is 21.1 Å². The summed E-state index contributed by atoms with van der Waals surface area (Å²) in [6.07, 6.45) is 6.60. The van der Waals surface area contributed by atoms with Crippen molar-refractivity contribution in [3.63, 3.8) is 0 Å². The molecule has 0 amide bonds. The number of ether oxygens (including phenoxy) is 2. The van der Waals surface area contributed by atoms with Gasteiger partial charge in [-0.2, -0.15) is 0 Å². The van der Waals surface area contributed by atoms with E-state index in [1.165, 1.54) is 30.7 Å². The molecular formula is C23H19O2S2+. The van der Waals surface area contributed by atoms with Crippen molar-refractivity contribution in [3.8, 4) is 21.9 Å². The highest BCUT2D eigenvalue weighted by Crippen LogP contribution is 2.31. The molecule has 2 heterocycles. The Morgan fingerprint density at radius 1 is 0.741 bits per heavy atom. The molecular weight excluding hydrogens is 372 g/mol. The molecule has 3 aromatic rings. The molecule has 4 rings (SSSR count). The number of rotatable bonds is 5. The second-order valence-electron chi connectivity index (χ2n) is 6.01. The highest BCUT2D eigenvalue weighted by atomic mass is 32.1. The van der Waals surface area contributed by atoms with E-state index in [-0.39, 0.29) is 0 Å². The Morgan fingerprint density at radius 2 is 1.37 bits per heavy atom. The lowest BCUT2D eigenvalue weighted by Gasteiger charge is -2.00. The Balaban J connectivity index is 1.53. The summed E-state index contributed by atoms with van der Waals surface area (Å²) in [5, 5.41) is 0. The zero-order valence-electron chi connectivity index (χ0n) is 15.1. The van der Waals surface area contributed by atoms with Gasteiger partial charge >= 0.3 is 0 Å². The fraction of sp³-hybridized carbons (Fsp3) is 0.0870. The van der Waals surface area contributed by atoms with Gasteiger partial charge in [-0.1, -0.05) is 0 Å². The topological polar surface area (TPSA) is 18.5 Å². The van der Waals surface area contributed by atoms with Crippen molar-refractivity contribution in [1.29, 1.82) is 0 Å². The zero-order valence-corrected chi connectivity index (χ0v) is 16.8. The lowest BCUT2D eigenvalue weighted by atomic mass is 10.1. The van der Waals surface area contributed by atoms with Crippen LogP contribution in [0.4, 0.5) is 0 Å². The van der Waals surface area contributed by atoms with Crippen molar-refractivity contribution in [2.24, 2.45) is 0 Å². The van der Waals surface area contributed by atoms with Gasteiger partial charge in [0.25, 0.3) is 0 Å². The van der Waals surface area contributed by atoms with E-state index in [0.717, 1.165) is 11.5 Å². The number of benzene rings is 2. The van der Waals surface area contributed by atoms with Crippen LogP contribution in [0.3, 0.4) is 0 Å². The van der Waals surface area contributed by atoms with Gasteiger partial charge in [-0.25, -0.2) is 0 Å². The van der Waals surface area contributed by atoms with Crippen LogP contribution >= 0.6 is 11.3 Å². The first kappa shape index (κ1) is 17.7. The number of hydrogen-bond acceptors (Lipinski definition) is 3. The van der Waals surface area contributed by atoms with E-state index in [9.17, 15) is 0 Å². The largest absolute Gasteiger partial charge is 0.497 e. The molecule has 2 nitrogen and oxygen atoms in total. The maximum Gasteiger partial charge on any atom is 0.238 e. The second-order valence-corrected chi connectivity index (χ2v) is 8.24. The van der Waals surface area contributed by atoms with E-state index in [2.05, 4.69) is 54.6 Å². The Morgan fingerprint density at radius 3 is 2.00 bits per heavy atom. The molecule has 4 heteroatoms. The van der Waals surface area contributed by atoms with Gasteiger partial charge in [-0.3, -0.25) is 0 Å². The molecule has 0 aliphatic carbocycles. The molecule has 0 saturated heterocycles. The van der Waals surface area contributed by atoms with Crippen molar-refractivity contribution in [3.05, 3.63) is 88.2 Å². The molecule has 1 aliphatic rings. The summed E-state index contributed by atoms with van der Waals surface area (Å²) in [6, 6.07) is 20.7. The van der Waals surface area contributed by atoms with Crippen molar-refractivity contribution < 1.29 is 9.47 Å². The van der Waals surface area contributed by atoms with Crippen LogP contribution in [-0.2, 0) is 11.4 Å². The van der Waals surface area contributed by atoms with Crippen molar-refractivity contribution in [2.75, 3.05) is 14.2 Å². The molecule has 0 N–H and O–H groups in total. The molecule has 0 fully saturated rings. The maximum atomic E-state index is 5.23. The summed E-state index contributed by atoms with van der Waals surface area (Å²) in [7, 11) is 3.38. The Hall–Kier alpha value is -2.69. The first-order valence-electron chi connectivity index (χ1n) is 8.58. The SMILES string of the molecule is COc1ccc(C2=[S+]/C(=C\c3ccc(-c4ccc(OC)cc4)s3)C=C2)cc1. The van der Waals surface area contributed by atoms with Gasteiger partial charge < -0.3 is 9.47 Å². The number of hydrogen-bond donors (Lipinski definition) is 0. The molecule has 0 spiro atoms. The average Bonchev–Trinajstić information content (AvgIpc) is 3.38. The highest BCUT2D eigenvalue weighted by molar-refractivity contribution is 7.84. The number of allylic oxidation sites excluding steroid dienone is 2. The minimum absolute atomic E-state index is 0.881. The van der Waals surface area contributed by atoms with Gasteiger partial charge in [0.05, 0.1) is 14.2 Å². The van der Waals surface area contributed by atoms with Gasteiger partial charge in [0, 0.05) is 33.5 Å². The fourth-order valence-electron chi connectivity index (χ4n) is 2.82. The zero-order chi connectivity index (χ0) is 18.6. The summed E-state index contributed by atoms with van der Waals surface area (Å²) in [5.41, 5.74) is 2.43. The first-order valence-corrected chi connectivity index (χ1v) is 10.2. The van der Waals surface area contributed by atoms with Gasteiger partial charge in [-0.05, 0) is 66.2 Å². The molecule has 1 aromatic heterocycles. The summed E-state index contributed by atoms with van der Waals surface area (Å²) >= 11 is 3.60. The van der Waals surface area contributed by atoms with Crippen molar-refractivity contribution >= 4 is 33.6 Å². The third-order valence-corrected chi connectivity index (χ3v) is 6.45. The third kappa shape index (κ3) is 4.02. The van der Waals surface area contributed by atoms with Crippen LogP contribution in [0.15, 0.2) is 77.7 Å². The quantitative estimate of drug-likeness (QED) is 0.413. The third-order valence-electron chi connectivity index (χ3n) is 4.29. The Kier molecular flexibility index (Phi) is 5.19. The predicted octanol–water partition coefficient (Wildman–Crippen LogP) is 5.65. The van der Waals surface area contributed by atoms with E-state index in [1.54, 1.807) is 36.9 Å². The van der Waals surface area contributed by atoms with Crippen molar-refractivity contribution in [1.82, 2.24) is 0 Å². The van der Waals surface area contributed by atoms with Crippen LogP contribution in [0.25, 0.3) is 16.5 Å². The van der Waals surface area contributed by atoms with E-state index < -0.39 is 0 Å². The molecule has 0 radical (unpaired) electrons. The first-order chi connectivity index (χ1) is 13.2. The highest BCUT2D eigenvalue weighted by Gasteiger charge is 2.20. The Bertz CT molecular complexity index is 1020. The maximum absolute atomic E-state index is 5.23. The molecule has 2 aromatic carbocycles. The number of thiophene rings is 1. The van der Waals surface area contributed by atoms with Crippen LogP contribution in [0.2, 0.25) is 0 Å². The summed E-state index contributed by atoms with van der Waals surface area (Å²) in [4.78, 5) is 5.03. The van der Waals surface area contributed by atoms with Gasteiger partial charge in [0.15, 0.2) is 0 Å². The van der Waals surface area contributed by atoms with Gasteiger partial charge in [-0.15, -0.1) is 11.3 Å². The van der Waals surface area contributed by atoms with Crippen LogP contribution in [0.5, 0.6) is 11.5 Å². The second kappa shape index (κ2) is 7.91. The molecule has 0 bridgehead atoms. The molecule has 0 unspecified atom stereocenters. The summed E-state index contributed by atoms with van der Waals surface area (Å²) in [5.74, 6) is 1.76. The standard InChI is InChI=1S/C23H19O2S2/c1-24-18-7-3-16(4-8-18)22-13-11-20(26-22)15-21-12-14-23(27-21)17-5-9-19(25-2)10-6-17/h3-15H,1-2H3/q+1. The molecule has 27 heavy (non-hydrogen) atoms. The van der Waals surface area contributed by atoms with E-state index in [4.69, 9.17) is 9.47 Å². The minimum Gasteiger partial charge on any atom is -0.497 e. The average molecular weight is 392 g/mol. The monoisotopic (exact) mass is 391 g/mol. The smallest absolute Gasteiger partial charge is 0.238 e. The van der Waals surface area contributed by atoms with Crippen LogP contribution in [0.1, 0.15) is 10.4 Å². The lowest BCUT2D eigenvalue weighted by molar-refractivity contribution is 0.414. The molecule has 1 aliphatic heterocycles. The molecule has 134 valence electrons. The van der Waals surface area contributed by atoms with Crippen LogP contribution < -0.4 is 9.47 Å². The van der Waals surface area contributed by atoms with Gasteiger partial charge in [0.1, 0.15) is 11.5 Å². The molecule has 0 saturated carbocycles. The van der Waals surface area contributed by atoms with Crippen molar-refractivity contribution in [2.45, 2.75) is 0 Å². The molecule has 0 atom stereocenters. The van der Waals surface area contributed by atoms with E-state index >= 15 is 0 Å². The van der Waals surface area contributed by atoms with Crippen LogP contribution in [-0.4, -0.2) is 19.1 Å².